The van der Waals surface area contributed by atoms with Crippen LogP contribution in [0.25, 0.3) is 16.9 Å². The molecule has 10 heteroatoms. The summed E-state index contributed by atoms with van der Waals surface area (Å²) in [5, 5.41) is 0. The SMILES string of the molecule is CN(C(=O)c1cn2c(-c3ccc(C(F)(F)F)cc3)cnc2cn1)c1ccc(F)cn1. The third-order valence-electron chi connectivity index (χ3n) is 4.48. The number of rotatable bonds is 3. The van der Waals surface area contributed by atoms with Crippen LogP contribution >= 0.6 is 0 Å². The Labute approximate surface area is 167 Å². The largest absolute Gasteiger partial charge is 0.416 e. The first kappa shape index (κ1) is 19.5. The van der Waals surface area contributed by atoms with Crippen LogP contribution in [0.2, 0.25) is 0 Å². The smallest absolute Gasteiger partial charge is 0.296 e. The molecule has 0 saturated carbocycles. The molecule has 3 aromatic heterocycles. The highest BCUT2D eigenvalue weighted by atomic mass is 19.4. The van der Waals surface area contributed by atoms with Crippen molar-refractivity contribution < 1.29 is 22.4 Å². The number of carbonyl (C=O) groups excluding carboxylic acids is 1. The molecular formula is C20H13F4N5O. The summed E-state index contributed by atoms with van der Waals surface area (Å²) in [5.41, 5.74) is 0.712. The lowest BCUT2D eigenvalue weighted by atomic mass is 10.1. The first-order valence-electron chi connectivity index (χ1n) is 8.64. The van der Waals surface area contributed by atoms with Gasteiger partial charge in [-0.05, 0) is 24.3 Å². The number of nitrogens with zero attached hydrogens (tertiary/aromatic N) is 5. The number of alkyl halides is 3. The van der Waals surface area contributed by atoms with Crippen LogP contribution in [-0.4, -0.2) is 32.3 Å². The zero-order valence-electron chi connectivity index (χ0n) is 15.4. The second-order valence-electron chi connectivity index (χ2n) is 6.42. The molecule has 30 heavy (non-hydrogen) atoms. The molecular weight excluding hydrogens is 402 g/mol. The lowest BCUT2D eigenvalue weighted by Gasteiger charge is -2.15. The minimum Gasteiger partial charge on any atom is -0.296 e. The summed E-state index contributed by atoms with van der Waals surface area (Å²) in [6.07, 6.45) is 0.873. The zero-order valence-corrected chi connectivity index (χ0v) is 15.4. The fourth-order valence-electron chi connectivity index (χ4n) is 2.89. The van der Waals surface area contributed by atoms with Gasteiger partial charge in [0.15, 0.2) is 5.65 Å². The van der Waals surface area contributed by atoms with E-state index >= 15 is 0 Å². The van der Waals surface area contributed by atoms with E-state index < -0.39 is 23.5 Å². The van der Waals surface area contributed by atoms with Crippen LogP contribution in [0.15, 0.2) is 61.2 Å². The number of halogens is 4. The molecule has 0 saturated heterocycles. The molecule has 1 amide bonds. The first-order chi connectivity index (χ1) is 14.2. The number of anilines is 1. The Kier molecular flexibility index (Phi) is 4.69. The van der Waals surface area contributed by atoms with Gasteiger partial charge in [0.25, 0.3) is 5.91 Å². The number of hydrogen-bond acceptors (Lipinski definition) is 4. The Morgan fingerprint density at radius 1 is 0.967 bits per heavy atom. The number of imidazole rings is 1. The molecule has 152 valence electrons. The van der Waals surface area contributed by atoms with Gasteiger partial charge in [-0.15, -0.1) is 0 Å². The van der Waals surface area contributed by atoms with Gasteiger partial charge in [0.05, 0.1) is 29.8 Å². The molecule has 4 rings (SSSR count). The average Bonchev–Trinajstić information content (AvgIpc) is 3.16. The minimum atomic E-state index is -4.43. The van der Waals surface area contributed by atoms with Gasteiger partial charge in [0.1, 0.15) is 17.3 Å². The molecule has 1 aromatic carbocycles. The number of hydrogen-bond donors (Lipinski definition) is 0. The molecule has 6 nitrogen and oxygen atoms in total. The fourth-order valence-corrected chi connectivity index (χ4v) is 2.89. The Morgan fingerprint density at radius 3 is 2.33 bits per heavy atom. The van der Waals surface area contributed by atoms with Crippen molar-refractivity contribution in [3.63, 3.8) is 0 Å². The van der Waals surface area contributed by atoms with Crippen molar-refractivity contribution in [2.45, 2.75) is 6.18 Å². The van der Waals surface area contributed by atoms with E-state index in [0.29, 0.717) is 16.9 Å². The van der Waals surface area contributed by atoms with Gasteiger partial charge in [-0.2, -0.15) is 13.2 Å². The Morgan fingerprint density at radius 2 is 1.70 bits per heavy atom. The quantitative estimate of drug-likeness (QED) is 0.470. The highest BCUT2D eigenvalue weighted by Gasteiger charge is 2.30. The van der Waals surface area contributed by atoms with Crippen LogP contribution in [0, 0.1) is 5.82 Å². The molecule has 4 aromatic rings. The van der Waals surface area contributed by atoms with E-state index in [0.717, 1.165) is 18.3 Å². The molecule has 0 spiro atoms. The van der Waals surface area contributed by atoms with Crippen LogP contribution in [0.3, 0.4) is 0 Å². The molecule has 0 N–H and O–H groups in total. The van der Waals surface area contributed by atoms with Crippen molar-refractivity contribution >= 4 is 17.4 Å². The third kappa shape index (κ3) is 3.59. The second-order valence-corrected chi connectivity index (χ2v) is 6.42. The van der Waals surface area contributed by atoms with Crippen LogP contribution in [0.1, 0.15) is 16.1 Å². The van der Waals surface area contributed by atoms with Crippen LogP contribution in [0.5, 0.6) is 0 Å². The third-order valence-corrected chi connectivity index (χ3v) is 4.48. The highest BCUT2D eigenvalue weighted by Crippen LogP contribution is 2.31. The summed E-state index contributed by atoms with van der Waals surface area (Å²) >= 11 is 0. The molecule has 0 bridgehead atoms. The van der Waals surface area contributed by atoms with Crippen molar-refractivity contribution in [3.05, 3.63) is 78.3 Å². The maximum Gasteiger partial charge on any atom is 0.416 e. The summed E-state index contributed by atoms with van der Waals surface area (Å²) in [6, 6.07) is 7.18. The molecule has 0 atom stereocenters. The van der Waals surface area contributed by atoms with Crippen LogP contribution in [0.4, 0.5) is 23.4 Å². The van der Waals surface area contributed by atoms with Crippen LogP contribution in [-0.2, 0) is 6.18 Å². The summed E-state index contributed by atoms with van der Waals surface area (Å²) in [5.74, 6) is -0.793. The summed E-state index contributed by atoms with van der Waals surface area (Å²) in [7, 11) is 1.47. The van der Waals surface area contributed by atoms with Gasteiger partial charge >= 0.3 is 6.18 Å². The Bertz CT molecular complexity index is 1220. The minimum absolute atomic E-state index is 0.0577. The number of aromatic nitrogens is 4. The fraction of sp³-hybridized carbons (Fsp3) is 0.100. The molecule has 0 aliphatic carbocycles. The van der Waals surface area contributed by atoms with Crippen molar-refractivity contribution in [1.82, 2.24) is 19.4 Å². The molecule has 0 aliphatic rings. The van der Waals surface area contributed by atoms with E-state index in [2.05, 4.69) is 15.0 Å². The normalized spacial score (nSPS) is 11.6. The summed E-state index contributed by atoms with van der Waals surface area (Å²) < 4.78 is 53.0. The number of carbonyl (C=O) groups is 1. The predicted octanol–water partition coefficient (Wildman–Crippen LogP) is 4.23. The number of pyridine rings is 1. The van der Waals surface area contributed by atoms with E-state index in [9.17, 15) is 22.4 Å². The van der Waals surface area contributed by atoms with E-state index in [1.807, 2.05) is 0 Å². The molecule has 3 heterocycles. The number of benzene rings is 1. The predicted molar refractivity (Wildman–Crippen MR) is 100 cm³/mol. The highest BCUT2D eigenvalue weighted by molar-refractivity contribution is 6.03. The topological polar surface area (TPSA) is 63.4 Å². The Hall–Kier alpha value is -3.82. The Balaban J connectivity index is 1.69. The standard InChI is InChI=1S/C20H13F4N5O/c1-28(17-7-6-14(21)8-26-17)19(30)15-11-29-16(9-27-18(29)10-25-15)12-2-4-13(5-3-12)20(22,23)24/h2-11H,1H3. The first-order valence-corrected chi connectivity index (χ1v) is 8.64. The van der Waals surface area contributed by atoms with Crippen molar-refractivity contribution in [2.24, 2.45) is 0 Å². The van der Waals surface area contributed by atoms with Crippen molar-refractivity contribution in [2.75, 3.05) is 11.9 Å². The van der Waals surface area contributed by atoms with Crippen molar-refractivity contribution in [1.29, 1.82) is 0 Å². The van der Waals surface area contributed by atoms with Crippen LogP contribution < -0.4 is 4.90 Å². The van der Waals surface area contributed by atoms with Gasteiger partial charge in [0.2, 0.25) is 0 Å². The average molecular weight is 415 g/mol. The van der Waals surface area contributed by atoms with E-state index in [-0.39, 0.29) is 11.5 Å². The molecule has 0 unspecified atom stereocenters. The van der Waals surface area contributed by atoms with E-state index in [1.54, 1.807) is 4.40 Å². The zero-order chi connectivity index (χ0) is 21.5. The van der Waals surface area contributed by atoms with Gasteiger partial charge in [-0.25, -0.2) is 19.3 Å². The number of fused-ring (bicyclic) bond motifs is 1. The van der Waals surface area contributed by atoms with E-state index in [4.69, 9.17) is 0 Å². The molecule has 0 aliphatic heterocycles. The van der Waals surface area contributed by atoms with Crippen molar-refractivity contribution in [3.8, 4) is 11.3 Å². The summed E-state index contributed by atoms with van der Waals surface area (Å²) in [6.45, 7) is 0. The second kappa shape index (κ2) is 7.21. The molecule has 0 fully saturated rings. The maximum absolute atomic E-state index is 13.1. The molecule has 0 radical (unpaired) electrons. The van der Waals surface area contributed by atoms with Gasteiger partial charge in [0, 0.05) is 18.8 Å². The number of amides is 1. The van der Waals surface area contributed by atoms with Gasteiger partial charge in [-0.3, -0.25) is 14.1 Å². The summed E-state index contributed by atoms with van der Waals surface area (Å²) in [4.78, 5) is 26.1. The van der Waals surface area contributed by atoms with E-state index in [1.165, 1.54) is 54.8 Å². The maximum atomic E-state index is 13.1. The lowest BCUT2D eigenvalue weighted by molar-refractivity contribution is -0.137. The van der Waals surface area contributed by atoms with Gasteiger partial charge in [-0.1, -0.05) is 12.1 Å². The lowest BCUT2D eigenvalue weighted by Crippen LogP contribution is -2.28. The monoisotopic (exact) mass is 415 g/mol. The van der Waals surface area contributed by atoms with Gasteiger partial charge < -0.3 is 0 Å².